The Hall–Kier alpha value is -13.7. The number of hydrogen-bond donors (Lipinski definition) is 16. The van der Waals surface area contributed by atoms with Gasteiger partial charge in [0, 0.05) is 37.8 Å². The number of nitrogens with one attached hydrogen (secondary N) is 5. The van der Waals surface area contributed by atoms with Gasteiger partial charge in [-0.1, -0.05) is 0 Å². The topological polar surface area (TPSA) is 838 Å². The molecule has 734 valence electrons. The summed E-state index contributed by atoms with van der Waals surface area (Å²) < 4.78 is 323. The SMILES string of the molecule is Cc1cc(NC(=N)N=C(N)N(CCO)CCNc2nc(Nc3cc(C)c(N=Nc4ccc(N=Nc5ccc(S(=O)(=O)O)cc5)cc4S(=O)(=O)O)cc3OCCCS(=O)(=O)O)nc(Nc3cc(C)c(N=Nc4ccc(N=Nc5ccc(S(=O)(=O)O)cc5)cc4S(=O)(=O)O)cc3OCCCS(=O)(=O)O)n2)c(OCCCS(=O)(=O)O)cc1N=Nc1ccc(N=Nc2ccc(S(=O)(=O)O)cc2)cc1S(=O)(=O)O. The molecule has 0 aliphatic heterocycles. The van der Waals surface area contributed by atoms with E-state index in [4.69, 9.17) is 25.4 Å². The third-order valence-corrected chi connectivity index (χ3v) is 25.6. The summed E-state index contributed by atoms with van der Waals surface area (Å²) in [5.74, 6) is -5.19. The summed E-state index contributed by atoms with van der Waals surface area (Å²) >= 11 is 0. The first-order valence-electron chi connectivity index (χ1n) is 38.8. The van der Waals surface area contributed by atoms with E-state index in [0.717, 1.165) is 72.8 Å². The fourth-order valence-corrected chi connectivity index (χ4v) is 16.3. The van der Waals surface area contributed by atoms with Crippen LogP contribution in [0.2, 0.25) is 0 Å². The predicted octanol–water partition coefficient (Wildman–Crippen LogP) is 13.3. The number of guanidine groups is 2. The summed E-state index contributed by atoms with van der Waals surface area (Å²) in [7, 11) is -42.7. The number of aliphatic imine (C=N–C) groups is 1. The average Bonchev–Trinajstić information content (AvgIpc) is 1.58. The van der Waals surface area contributed by atoms with Crippen molar-refractivity contribution in [3.8, 4) is 17.2 Å². The zero-order valence-corrected chi connectivity index (χ0v) is 78.5. The van der Waals surface area contributed by atoms with Gasteiger partial charge in [0.1, 0.15) is 49.0 Å². The van der Waals surface area contributed by atoms with E-state index in [1.165, 1.54) is 117 Å². The van der Waals surface area contributed by atoms with Crippen molar-refractivity contribution >= 4 is 206 Å². The van der Waals surface area contributed by atoms with Crippen LogP contribution in [0, 0.1) is 26.2 Å². The smallest absolute Gasteiger partial charge is 0.296 e. The number of anilines is 6. The third-order valence-electron chi connectivity index (χ3n) is 18.0. The molecule has 10 aromatic rings. The maximum atomic E-state index is 12.9. The van der Waals surface area contributed by atoms with Gasteiger partial charge in [-0.15, -0.1) is 15.3 Å². The lowest BCUT2D eigenvalue weighted by Crippen LogP contribution is -2.42. The van der Waals surface area contributed by atoms with E-state index in [-0.39, 0.29) is 159 Å². The van der Waals surface area contributed by atoms with Gasteiger partial charge in [-0.25, -0.2) is 0 Å². The van der Waals surface area contributed by atoms with Crippen LogP contribution in [0.4, 0.5) is 103 Å². The van der Waals surface area contributed by atoms with Crippen molar-refractivity contribution in [1.29, 1.82) is 5.41 Å². The predicted molar refractivity (Wildman–Crippen MR) is 492 cm³/mol. The van der Waals surface area contributed by atoms with Crippen molar-refractivity contribution in [2.24, 2.45) is 72.1 Å². The number of azo groups is 6. The molecule has 1 aromatic heterocycles. The monoisotopic (exact) mass is 2090 g/mol. The average molecular weight is 2090 g/mol. The Balaban J connectivity index is 0.987. The largest absolute Gasteiger partial charge is 0.491 e. The van der Waals surface area contributed by atoms with Gasteiger partial charge in [0.2, 0.25) is 23.8 Å². The molecule has 0 aliphatic carbocycles. The van der Waals surface area contributed by atoms with Crippen molar-refractivity contribution in [3.63, 3.8) is 0 Å². The number of nitrogens with zero attached hydrogens (tertiary/aromatic N) is 17. The summed E-state index contributed by atoms with van der Waals surface area (Å²) in [5, 5.41) is 79.4. The molecule has 0 radical (unpaired) electrons. The molecular weight excluding hydrogens is 2010 g/mol. The summed E-state index contributed by atoms with van der Waals surface area (Å²) in [5.41, 5.74) is 5.19. The minimum absolute atomic E-state index is 0.0436. The van der Waals surface area contributed by atoms with Crippen molar-refractivity contribution in [2.75, 3.05) is 84.6 Å². The molecule has 0 unspecified atom stereocenters. The molecule has 0 bridgehead atoms. The van der Waals surface area contributed by atoms with Gasteiger partial charge < -0.3 is 51.2 Å². The van der Waals surface area contributed by atoms with E-state index < -0.39 is 193 Å². The summed E-state index contributed by atoms with van der Waals surface area (Å²) in [6.07, 6.45) is -0.977. The van der Waals surface area contributed by atoms with Crippen LogP contribution in [0.25, 0.3) is 0 Å². The zero-order chi connectivity index (χ0) is 101. The van der Waals surface area contributed by atoms with Crippen LogP contribution in [-0.2, 0) is 91.1 Å². The third kappa shape index (κ3) is 32.8. The van der Waals surface area contributed by atoms with E-state index in [1.807, 2.05) is 0 Å². The fourth-order valence-electron chi connectivity index (χ4n) is 11.5. The van der Waals surface area contributed by atoms with Crippen LogP contribution in [-0.4, -0.2) is 217 Å². The highest BCUT2D eigenvalue weighted by molar-refractivity contribution is 7.88. The second-order valence-corrected chi connectivity index (χ2v) is 41.6. The van der Waals surface area contributed by atoms with E-state index in [9.17, 15) is 122 Å². The maximum Gasteiger partial charge on any atom is 0.296 e. The lowest BCUT2D eigenvalue weighted by atomic mass is 10.1. The normalized spacial score (nSPS) is 12.9. The Bertz CT molecular complexity index is 7360. The number of aromatic nitrogens is 3. The van der Waals surface area contributed by atoms with Crippen molar-refractivity contribution < 1.29 is 136 Å². The Morgan fingerprint density at radius 2 is 0.638 bits per heavy atom. The molecule has 0 saturated carbocycles. The first-order chi connectivity index (χ1) is 64.5. The Kier molecular flexibility index (Phi) is 34.7. The number of aliphatic hydroxyl groups is 1. The highest BCUT2D eigenvalue weighted by atomic mass is 32.3. The Morgan fingerprint density at radius 1 is 0.355 bits per heavy atom. The molecule has 9 aromatic carbocycles. The standard InChI is InChI=1S/C75H79N23O31S9/c1-44-35-62(65(127-29-4-32-130(100,101)102)41-59(44)95-92-56-22-13-50(38-68(56)136(118,119)120)89-86-47-7-16-53(17-8-47)133(109,110)111)79-71(76)82-72(77)98(27-28-99)26-25-78-73-83-74(80-63-36-45(2)60(42-66(63)128-30-5-33-131(103,104)105)96-93-57-23-14-51(39-69(57)137(121,122)123)90-87-48-9-18-54(19-10-48)134(112,113)114)85-75(84-73)81-64-37-46(3)61(43-67(64)129-31-6-34-132(106,107)108)97-94-58-24-15-52(40-70(58)138(124,125)126)91-88-49-11-20-55(21-12-49)135(115,116)117/h7-24,35-43,99H,4-6,25-34H2,1-3H3,(H,100,101,102)(H,103,104,105)(H,106,107,108)(H,109,110,111)(H,112,113,114)(H,115,116,117)(H,118,119,120)(H,121,122,123)(H,124,125,126)(H4,76,77,79,82)(H3,78,80,81,83,84,85). The molecule has 0 atom stereocenters. The van der Waals surface area contributed by atoms with Crippen LogP contribution in [0.5, 0.6) is 17.2 Å². The van der Waals surface area contributed by atoms with Crippen LogP contribution < -0.4 is 41.2 Å². The molecule has 0 saturated heterocycles. The van der Waals surface area contributed by atoms with E-state index in [0.29, 0.717) is 0 Å². The number of nitrogens with two attached hydrogens (primary N) is 1. The first-order valence-corrected chi connectivity index (χ1v) is 52.3. The molecular formula is C75H79N23O31S9. The summed E-state index contributed by atoms with van der Waals surface area (Å²) in [6.45, 7) is 1.76. The second-order valence-electron chi connectivity index (χ2n) is 28.5. The molecule has 138 heavy (non-hydrogen) atoms. The number of ether oxygens (including phenoxy) is 3. The van der Waals surface area contributed by atoms with Gasteiger partial charge in [-0.05, 0) is 202 Å². The van der Waals surface area contributed by atoms with Crippen molar-refractivity contribution in [2.45, 2.75) is 69.4 Å². The van der Waals surface area contributed by atoms with Gasteiger partial charge in [0.05, 0.1) is 127 Å². The zero-order valence-electron chi connectivity index (χ0n) is 71.2. The molecule has 0 fully saturated rings. The Morgan fingerprint density at radius 3 is 0.935 bits per heavy atom. The number of aliphatic hydroxyl groups excluding tert-OH is 1. The van der Waals surface area contributed by atoms with Crippen molar-refractivity contribution in [3.05, 3.63) is 180 Å². The van der Waals surface area contributed by atoms with Crippen LogP contribution in [0.15, 0.2) is 260 Å². The van der Waals surface area contributed by atoms with Gasteiger partial charge in [-0.3, -0.25) is 46.4 Å². The molecule has 0 spiro atoms. The quantitative estimate of drug-likeness (QED) is 0.00554. The number of hydrogen-bond acceptors (Lipinski definition) is 41. The molecule has 0 amide bonds. The van der Waals surface area contributed by atoms with Crippen molar-refractivity contribution in [1.82, 2.24) is 19.9 Å². The lowest BCUT2D eigenvalue weighted by Gasteiger charge is -2.23. The minimum Gasteiger partial charge on any atom is -0.491 e. The van der Waals surface area contributed by atoms with Gasteiger partial charge >= 0.3 is 0 Å². The molecule has 54 nitrogen and oxygen atoms in total. The molecule has 10 rings (SSSR count). The maximum absolute atomic E-state index is 12.9. The highest BCUT2D eigenvalue weighted by Gasteiger charge is 2.26. The van der Waals surface area contributed by atoms with Crippen LogP contribution >= 0.6 is 0 Å². The number of aryl methyl sites for hydroxylation is 3. The van der Waals surface area contributed by atoms with Crippen LogP contribution in [0.1, 0.15) is 36.0 Å². The highest BCUT2D eigenvalue weighted by Crippen LogP contribution is 2.42. The minimum atomic E-state index is -5.14. The molecule has 0 aliphatic rings. The summed E-state index contributed by atoms with van der Waals surface area (Å²) in [6, 6.07) is 30.7. The fraction of sp³-hybridized carbons (Fsp3) is 0.213. The first kappa shape index (κ1) is 106. The van der Waals surface area contributed by atoms with Gasteiger partial charge in [0.25, 0.3) is 91.1 Å². The lowest BCUT2D eigenvalue weighted by molar-refractivity contribution is 0.251. The Labute approximate surface area is 786 Å². The molecule has 1 heterocycles. The molecule has 63 heteroatoms. The van der Waals surface area contributed by atoms with E-state index >= 15 is 0 Å². The second kappa shape index (κ2) is 45.1. The van der Waals surface area contributed by atoms with Gasteiger partial charge in [0.15, 0.2) is 5.96 Å². The van der Waals surface area contributed by atoms with E-state index in [1.54, 1.807) is 0 Å². The molecule has 17 N–H and O–H groups in total. The number of rotatable bonds is 44. The summed E-state index contributed by atoms with van der Waals surface area (Å²) in [4.78, 5) is 15.3. The van der Waals surface area contributed by atoms with Crippen LogP contribution in [0.3, 0.4) is 0 Å². The number of benzene rings is 9. The van der Waals surface area contributed by atoms with Gasteiger partial charge in [-0.2, -0.15) is 142 Å². The van der Waals surface area contributed by atoms with E-state index in [2.05, 4.69) is 103 Å².